The summed E-state index contributed by atoms with van der Waals surface area (Å²) in [6.45, 7) is 12.3. The molecule has 2 N–H and O–H groups in total. The lowest BCUT2D eigenvalue weighted by molar-refractivity contribution is -0.122. The highest BCUT2D eigenvalue weighted by molar-refractivity contribution is 7.99. The first kappa shape index (κ1) is 16.7. The van der Waals surface area contributed by atoms with Crippen LogP contribution in [0.5, 0.6) is 0 Å². The van der Waals surface area contributed by atoms with Crippen molar-refractivity contribution in [3.8, 4) is 0 Å². The van der Waals surface area contributed by atoms with Crippen LogP contribution in [0, 0.1) is 5.92 Å². The van der Waals surface area contributed by atoms with E-state index >= 15 is 0 Å². The zero-order chi connectivity index (χ0) is 13.3. The van der Waals surface area contributed by atoms with Crippen molar-refractivity contribution in [2.75, 3.05) is 31.1 Å². The number of carbonyl (C=O) groups excluding carboxylic acids is 1. The lowest BCUT2D eigenvalue weighted by Gasteiger charge is -2.28. The van der Waals surface area contributed by atoms with E-state index in [0.29, 0.717) is 6.54 Å². The first-order valence-corrected chi connectivity index (χ1v) is 7.52. The summed E-state index contributed by atoms with van der Waals surface area (Å²) in [5.74, 6) is 2.28. The fourth-order valence-electron chi connectivity index (χ4n) is 1.61. The maximum absolute atomic E-state index is 11.7. The van der Waals surface area contributed by atoms with Gasteiger partial charge in [-0.15, -0.1) is 6.58 Å². The number of hydrogen-bond acceptors (Lipinski definition) is 4. The Bertz CT molecular complexity index is 227. The van der Waals surface area contributed by atoms with Crippen LogP contribution in [0.4, 0.5) is 0 Å². The Kier molecular flexibility index (Phi) is 9.50. The molecule has 0 saturated carbocycles. The fourth-order valence-corrected chi connectivity index (χ4v) is 2.58. The number of ketones is 1. The quantitative estimate of drug-likeness (QED) is 0.764. The van der Waals surface area contributed by atoms with Gasteiger partial charge in [0.1, 0.15) is 0 Å². The molecule has 1 aliphatic heterocycles. The molecule has 1 saturated heterocycles. The summed E-state index contributed by atoms with van der Waals surface area (Å²) in [5.41, 5.74) is 5.88. The molecule has 17 heavy (non-hydrogen) atoms. The molecule has 4 heteroatoms. The summed E-state index contributed by atoms with van der Waals surface area (Å²) in [5, 5.41) is 0. The van der Waals surface area contributed by atoms with Crippen LogP contribution in [0.25, 0.3) is 0 Å². The molecule has 2 unspecified atom stereocenters. The maximum Gasteiger partial charge on any atom is 0.157 e. The van der Waals surface area contributed by atoms with Crippen molar-refractivity contribution in [3.63, 3.8) is 0 Å². The van der Waals surface area contributed by atoms with E-state index < -0.39 is 0 Å². The van der Waals surface area contributed by atoms with Gasteiger partial charge in [0.15, 0.2) is 5.78 Å². The van der Waals surface area contributed by atoms with E-state index in [0.717, 1.165) is 24.6 Å². The van der Waals surface area contributed by atoms with Crippen LogP contribution >= 0.6 is 11.8 Å². The summed E-state index contributed by atoms with van der Waals surface area (Å²) < 4.78 is 0. The number of hydrogen-bond donors (Lipinski definition) is 1. The van der Waals surface area contributed by atoms with Gasteiger partial charge in [0.25, 0.3) is 0 Å². The molecule has 0 aromatic heterocycles. The average molecular weight is 258 g/mol. The van der Waals surface area contributed by atoms with E-state index in [9.17, 15) is 4.79 Å². The van der Waals surface area contributed by atoms with Gasteiger partial charge in [0.05, 0.1) is 6.04 Å². The van der Waals surface area contributed by atoms with Gasteiger partial charge in [-0.25, -0.2) is 0 Å². The van der Waals surface area contributed by atoms with E-state index in [1.165, 1.54) is 0 Å². The molecule has 2 atom stereocenters. The molecule has 0 aromatic carbocycles. The van der Waals surface area contributed by atoms with Gasteiger partial charge < -0.3 is 5.73 Å². The van der Waals surface area contributed by atoms with E-state index in [1.807, 2.05) is 32.5 Å². The van der Waals surface area contributed by atoms with Crippen LogP contribution in [-0.4, -0.2) is 47.9 Å². The summed E-state index contributed by atoms with van der Waals surface area (Å²) in [7, 11) is 0. The first-order chi connectivity index (χ1) is 8.15. The Morgan fingerprint density at radius 2 is 2.00 bits per heavy atom. The second kappa shape index (κ2) is 9.68. The summed E-state index contributed by atoms with van der Waals surface area (Å²) >= 11 is 1.96. The second-order valence-electron chi connectivity index (χ2n) is 3.95. The topological polar surface area (TPSA) is 46.3 Å². The molecule has 0 aromatic rings. The minimum Gasteiger partial charge on any atom is -0.320 e. The standard InChI is InChI=1S/C11H20N2OS.C2H6/c1-3-9(2)11(14)10(12)8-13-4-6-15-7-5-13;1-2/h3,9-10H,1,4-8,12H2,2H3;1-2H3. The molecular weight excluding hydrogens is 232 g/mol. The van der Waals surface area contributed by atoms with Gasteiger partial charge in [-0.05, 0) is 0 Å². The summed E-state index contributed by atoms with van der Waals surface area (Å²) in [6, 6.07) is -0.360. The van der Waals surface area contributed by atoms with Gasteiger partial charge in [0, 0.05) is 37.1 Å². The molecule has 0 amide bonds. The molecular formula is C13H26N2OS. The maximum atomic E-state index is 11.7. The van der Waals surface area contributed by atoms with Gasteiger partial charge in [0.2, 0.25) is 0 Å². The number of allylic oxidation sites excluding steroid dienone is 1. The van der Waals surface area contributed by atoms with Crippen LogP contribution in [0.1, 0.15) is 20.8 Å². The Hall–Kier alpha value is -0.320. The normalized spacial score (nSPS) is 19.8. The lowest BCUT2D eigenvalue weighted by atomic mass is 10.0. The number of Topliss-reactive ketones (excluding diaryl/α,β-unsaturated/α-hetero) is 1. The average Bonchev–Trinajstić information content (AvgIpc) is 2.40. The summed E-state index contributed by atoms with van der Waals surface area (Å²) in [6.07, 6.45) is 1.66. The lowest BCUT2D eigenvalue weighted by Crippen LogP contribution is -2.46. The molecule has 0 spiro atoms. The molecule has 1 heterocycles. The van der Waals surface area contributed by atoms with Gasteiger partial charge in [-0.3, -0.25) is 9.69 Å². The minimum absolute atomic E-state index is 0.100. The largest absolute Gasteiger partial charge is 0.320 e. The molecule has 0 radical (unpaired) electrons. The van der Waals surface area contributed by atoms with Crippen molar-refractivity contribution in [2.24, 2.45) is 11.7 Å². The third-order valence-corrected chi connectivity index (χ3v) is 3.67. The smallest absolute Gasteiger partial charge is 0.157 e. The van der Waals surface area contributed by atoms with Crippen LogP contribution in [0.15, 0.2) is 12.7 Å². The molecule has 0 aliphatic carbocycles. The van der Waals surface area contributed by atoms with E-state index in [4.69, 9.17) is 5.73 Å². The first-order valence-electron chi connectivity index (χ1n) is 6.37. The number of nitrogens with zero attached hydrogens (tertiary/aromatic N) is 1. The number of rotatable bonds is 5. The zero-order valence-corrected chi connectivity index (χ0v) is 12.1. The highest BCUT2D eigenvalue weighted by atomic mass is 32.2. The van der Waals surface area contributed by atoms with Crippen LogP contribution < -0.4 is 5.73 Å². The van der Waals surface area contributed by atoms with Crippen molar-refractivity contribution in [1.29, 1.82) is 0 Å². The fraction of sp³-hybridized carbons (Fsp3) is 0.769. The van der Waals surface area contributed by atoms with Crippen molar-refractivity contribution < 1.29 is 4.79 Å². The SMILES string of the molecule is C=CC(C)C(=O)C(N)CN1CCSCC1.CC. The molecule has 0 bridgehead atoms. The van der Waals surface area contributed by atoms with Crippen LogP contribution in [0.2, 0.25) is 0 Å². The van der Waals surface area contributed by atoms with Crippen molar-refractivity contribution >= 4 is 17.5 Å². The van der Waals surface area contributed by atoms with E-state index in [-0.39, 0.29) is 17.7 Å². The Morgan fingerprint density at radius 3 is 2.47 bits per heavy atom. The molecule has 1 fully saturated rings. The number of nitrogens with two attached hydrogens (primary N) is 1. The molecule has 1 rings (SSSR count). The van der Waals surface area contributed by atoms with Gasteiger partial charge >= 0.3 is 0 Å². The number of thioether (sulfide) groups is 1. The third-order valence-electron chi connectivity index (χ3n) is 2.73. The number of carbonyl (C=O) groups is 1. The zero-order valence-electron chi connectivity index (χ0n) is 11.3. The third kappa shape index (κ3) is 6.24. The van der Waals surface area contributed by atoms with Crippen LogP contribution in [-0.2, 0) is 4.79 Å². The molecule has 1 aliphatic rings. The highest BCUT2D eigenvalue weighted by Gasteiger charge is 2.21. The predicted octanol–water partition coefficient (Wildman–Crippen LogP) is 1.78. The van der Waals surface area contributed by atoms with Crippen molar-refractivity contribution in [1.82, 2.24) is 4.90 Å². The van der Waals surface area contributed by atoms with Gasteiger partial charge in [-0.1, -0.05) is 26.8 Å². The van der Waals surface area contributed by atoms with E-state index in [1.54, 1.807) is 6.08 Å². The van der Waals surface area contributed by atoms with Crippen LogP contribution in [0.3, 0.4) is 0 Å². The predicted molar refractivity (Wildman–Crippen MR) is 77.5 cm³/mol. The Balaban J connectivity index is 0.00000121. The van der Waals surface area contributed by atoms with E-state index in [2.05, 4.69) is 11.5 Å². The monoisotopic (exact) mass is 258 g/mol. The minimum atomic E-state index is -0.360. The van der Waals surface area contributed by atoms with Crippen molar-refractivity contribution in [3.05, 3.63) is 12.7 Å². The Morgan fingerprint density at radius 1 is 1.47 bits per heavy atom. The van der Waals surface area contributed by atoms with Gasteiger partial charge in [-0.2, -0.15) is 11.8 Å². The second-order valence-corrected chi connectivity index (χ2v) is 5.17. The van der Waals surface area contributed by atoms with Crippen molar-refractivity contribution in [2.45, 2.75) is 26.8 Å². The molecule has 100 valence electrons. The summed E-state index contributed by atoms with van der Waals surface area (Å²) in [4.78, 5) is 14.0. The Labute approximate surface area is 110 Å². The molecule has 3 nitrogen and oxygen atoms in total. The highest BCUT2D eigenvalue weighted by Crippen LogP contribution is 2.10.